The number of nitrogens with two attached hydrogens (primary N) is 2. The first kappa shape index (κ1) is 24.8. The molecule has 0 bridgehead atoms. The SMILES string of the molecule is CC(N)C(=O)Oc1ccccc1-c1cc(-n2cc(N3CCN(C4CCCCC4)CC3=O)cn2)c(N)nn1. The van der Waals surface area contributed by atoms with E-state index in [2.05, 4.69) is 20.2 Å². The summed E-state index contributed by atoms with van der Waals surface area (Å²) in [6.45, 7) is 3.45. The van der Waals surface area contributed by atoms with E-state index < -0.39 is 12.0 Å². The molecule has 0 radical (unpaired) electrons. The van der Waals surface area contributed by atoms with Crippen molar-refractivity contribution in [2.75, 3.05) is 30.3 Å². The third-order valence-corrected chi connectivity index (χ3v) is 7.02. The Bertz CT molecular complexity index is 1280. The van der Waals surface area contributed by atoms with Crippen molar-refractivity contribution in [1.82, 2.24) is 24.9 Å². The zero-order chi connectivity index (χ0) is 25.9. The van der Waals surface area contributed by atoms with Crippen molar-refractivity contribution in [3.63, 3.8) is 0 Å². The lowest BCUT2D eigenvalue weighted by molar-refractivity contribution is -0.135. The van der Waals surface area contributed by atoms with Gasteiger partial charge in [-0.1, -0.05) is 31.4 Å². The molecule has 37 heavy (non-hydrogen) atoms. The van der Waals surface area contributed by atoms with Gasteiger partial charge in [-0.05, 0) is 38.0 Å². The number of nitrogens with zero attached hydrogens (tertiary/aromatic N) is 6. The van der Waals surface area contributed by atoms with Crippen LogP contribution in [0, 0.1) is 0 Å². The third kappa shape index (κ3) is 5.32. The number of hydrogen-bond acceptors (Lipinski definition) is 9. The average molecular weight is 505 g/mol. The minimum atomic E-state index is -0.768. The van der Waals surface area contributed by atoms with Crippen LogP contribution in [0.3, 0.4) is 0 Å². The van der Waals surface area contributed by atoms with Gasteiger partial charge in [0.25, 0.3) is 0 Å². The second kappa shape index (κ2) is 10.7. The van der Waals surface area contributed by atoms with E-state index in [0.717, 1.165) is 6.54 Å². The molecular formula is C26H32N8O3. The summed E-state index contributed by atoms with van der Waals surface area (Å²) in [5.41, 5.74) is 14.0. The maximum Gasteiger partial charge on any atom is 0.328 e. The van der Waals surface area contributed by atoms with E-state index in [0.29, 0.717) is 47.5 Å². The molecule has 1 aliphatic carbocycles. The number of benzene rings is 1. The summed E-state index contributed by atoms with van der Waals surface area (Å²) in [6.07, 6.45) is 9.56. The molecule has 1 atom stereocenters. The van der Waals surface area contributed by atoms with Gasteiger partial charge < -0.3 is 21.1 Å². The quantitative estimate of drug-likeness (QED) is 0.381. The number of carbonyl (C=O) groups is 2. The van der Waals surface area contributed by atoms with Crippen molar-refractivity contribution in [1.29, 1.82) is 0 Å². The number of nitrogen functional groups attached to an aromatic ring is 1. The molecule has 5 rings (SSSR count). The highest BCUT2D eigenvalue weighted by Crippen LogP contribution is 2.31. The second-order valence-corrected chi connectivity index (χ2v) is 9.66. The fraction of sp³-hybridized carbons (Fsp3) is 0.423. The van der Waals surface area contributed by atoms with E-state index in [-0.39, 0.29) is 11.7 Å². The van der Waals surface area contributed by atoms with Crippen LogP contribution in [0.25, 0.3) is 16.9 Å². The molecule has 1 saturated carbocycles. The summed E-state index contributed by atoms with van der Waals surface area (Å²) in [4.78, 5) is 29.2. The lowest BCUT2D eigenvalue weighted by atomic mass is 9.94. The van der Waals surface area contributed by atoms with Crippen LogP contribution >= 0.6 is 0 Å². The summed E-state index contributed by atoms with van der Waals surface area (Å²) in [6, 6.07) is 8.46. The second-order valence-electron chi connectivity index (χ2n) is 9.66. The molecule has 1 aliphatic heterocycles. The Balaban J connectivity index is 1.36. The molecular weight excluding hydrogens is 472 g/mol. The van der Waals surface area contributed by atoms with Gasteiger partial charge in [0, 0.05) is 24.7 Å². The van der Waals surface area contributed by atoms with Gasteiger partial charge in [0.2, 0.25) is 5.91 Å². The van der Waals surface area contributed by atoms with Gasteiger partial charge in [-0.3, -0.25) is 9.69 Å². The van der Waals surface area contributed by atoms with E-state index in [1.165, 1.54) is 32.1 Å². The largest absolute Gasteiger partial charge is 0.425 e. The number of ether oxygens (including phenoxy) is 1. The number of para-hydroxylation sites is 1. The van der Waals surface area contributed by atoms with Gasteiger partial charge in [0.15, 0.2) is 5.82 Å². The van der Waals surface area contributed by atoms with E-state index in [4.69, 9.17) is 16.2 Å². The number of amides is 1. The number of carbonyl (C=O) groups excluding carboxylic acids is 2. The minimum absolute atomic E-state index is 0.0720. The van der Waals surface area contributed by atoms with E-state index >= 15 is 0 Å². The highest BCUT2D eigenvalue weighted by Gasteiger charge is 2.31. The predicted molar refractivity (Wildman–Crippen MR) is 139 cm³/mol. The molecule has 1 amide bonds. The van der Waals surface area contributed by atoms with Crippen LogP contribution in [-0.2, 0) is 9.59 Å². The summed E-state index contributed by atoms with van der Waals surface area (Å²) in [5.74, 6) is 0.0121. The number of rotatable bonds is 6. The van der Waals surface area contributed by atoms with Gasteiger partial charge in [-0.25, -0.2) is 9.48 Å². The van der Waals surface area contributed by atoms with Crippen molar-refractivity contribution in [3.8, 4) is 22.7 Å². The highest BCUT2D eigenvalue weighted by molar-refractivity contribution is 5.95. The van der Waals surface area contributed by atoms with Crippen LogP contribution in [0.15, 0.2) is 42.7 Å². The smallest absolute Gasteiger partial charge is 0.328 e. The number of esters is 1. The van der Waals surface area contributed by atoms with Crippen LogP contribution in [0.4, 0.5) is 11.5 Å². The zero-order valence-corrected chi connectivity index (χ0v) is 20.9. The first-order chi connectivity index (χ1) is 17.9. The summed E-state index contributed by atoms with van der Waals surface area (Å²) in [5, 5.41) is 12.8. The van der Waals surface area contributed by atoms with Crippen molar-refractivity contribution < 1.29 is 14.3 Å². The van der Waals surface area contributed by atoms with Crippen molar-refractivity contribution in [3.05, 3.63) is 42.7 Å². The van der Waals surface area contributed by atoms with E-state index in [9.17, 15) is 9.59 Å². The molecule has 2 aromatic heterocycles. The van der Waals surface area contributed by atoms with Gasteiger partial charge in [0.1, 0.15) is 17.5 Å². The Morgan fingerprint density at radius 3 is 2.68 bits per heavy atom. The van der Waals surface area contributed by atoms with Crippen molar-refractivity contribution >= 4 is 23.4 Å². The van der Waals surface area contributed by atoms with E-state index in [1.54, 1.807) is 59.2 Å². The molecule has 2 fully saturated rings. The van der Waals surface area contributed by atoms with Gasteiger partial charge in [-0.15, -0.1) is 10.2 Å². The van der Waals surface area contributed by atoms with Crippen LogP contribution in [0.2, 0.25) is 0 Å². The predicted octanol–water partition coefficient (Wildman–Crippen LogP) is 2.15. The Hall–Kier alpha value is -3.83. The molecule has 3 aromatic rings. The highest BCUT2D eigenvalue weighted by atomic mass is 16.5. The molecule has 194 valence electrons. The van der Waals surface area contributed by atoms with Gasteiger partial charge >= 0.3 is 5.97 Å². The maximum absolute atomic E-state index is 13.0. The molecule has 1 unspecified atom stereocenters. The van der Waals surface area contributed by atoms with Crippen LogP contribution in [0.5, 0.6) is 5.75 Å². The molecule has 4 N–H and O–H groups in total. The Kier molecular flexibility index (Phi) is 7.15. The fourth-order valence-corrected chi connectivity index (χ4v) is 4.98. The molecule has 11 nitrogen and oxygen atoms in total. The summed E-state index contributed by atoms with van der Waals surface area (Å²) >= 11 is 0. The third-order valence-electron chi connectivity index (χ3n) is 7.02. The minimum Gasteiger partial charge on any atom is -0.425 e. The van der Waals surface area contributed by atoms with E-state index in [1.807, 2.05) is 0 Å². The molecule has 1 aromatic carbocycles. The molecule has 1 saturated heterocycles. The number of hydrogen-bond donors (Lipinski definition) is 2. The van der Waals surface area contributed by atoms with Crippen LogP contribution in [0.1, 0.15) is 39.0 Å². The fourth-order valence-electron chi connectivity index (χ4n) is 4.98. The zero-order valence-electron chi connectivity index (χ0n) is 20.9. The summed E-state index contributed by atoms with van der Waals surface area (Å²) < 4.78 is 7.03. The number of aromatic nitrogens is 4. The van der Waals surface area contributed by atoms with Gasteiger partial charge in [-0.2, -0.15) is 5.10 Å². The van der Waals surface area contributed by atoms with Gasteiger partial charge in [0.05, 0.1) is 30.3 Å². The first-order valence-electron chi connectivity index (χ1n) is 12.7. The molecule has 3 heterocycles. The Morgan fingerprint density at radius 2 is 1.92 bits per heavy atom. The number of piperazine rings is 1. The van der Waals surface area contributed by atoms with Crippen molar-refractivity contribution in [2.45, 2.75) is 51.1 Å². The van der Waals surface area contributed by atoms with Crippen LogP contribution in [-0.4, -0.2) is 68.5 Å². The maximum atomic E-state index is 13.0. The lowest BCUT2D eigenvalue weighted by Gasteiger charge is -2.39. The summed E-state index contributed by atoms with van der Waals surface area (Å²) in [7, 11) is 0. The molecule has 2 aliphatic rings. The standard InChI is InChI=1S/C26H32N8O3/c1-17(27)26(36)37-23-10-6-5-9-20(23)21-13-22(25(28)31-30-21)34-15-19(14-29-34)33-12-11-32(16-24(33)35)18-7-3-2-4-8-18/h5-6,9-10,13-15,17-18H,2-4,7-8,11-12,16,27H2,1H3,(H2,28,31). The Labute approximate surface area is 215 Å². The van der Waals surface area contributed by atoms with Crippen molar-refractivity contribution in [2.24, 2.45) is 5.73 Å². The lowest BCUT2D eigenvalue weighted by Crippen LogP contribution is -2.54. The molecule has 0 spiro atoms. The average Bonchev–Trinajstić information content (AvgIpc) is 3.39. The number of anilines is 2. The van der Waals surface area contributed by atoms with Crippen LogP contribution < -0.4 is 21.1 Å². The first-order valence-corrected chi connectivity index (χ1v) is 12.7. The monoisotopic (exact) mass is 504 g/mol. The topological polar surface area (TPSA) is 145 Å². The molecule has 11 heteroatoms. The Morgan fingerprint density at radius 1 is 1.14 bits per heavy atom. The normalized spacial score (nSPS) is 18.1.